The van der Waals surface area contributed by atoms with Gasteiger partial charge in [0.1, 0.15) is 19.5 Å². The van der Waals surface area contributed by atoms with Crippen LogP contribution in [0.5, 0.6) is 11.5 Å². The number of carbonyl (C=O) groups is 1. The Labute approximate surface area is 136 Å². The maximum Gasteiger partial charge on any atom is 0.337 e. The molecule has 8 nitrogen and oxygen atoms in total. The predicted molar refractivity (Wildman–Crippen MR) is 82.5 cm³/mol. The van der Waals surface area contributed by atoms with Crippen LogP contribution in [0.15, 0.2) is 42.7 Å². The molecule has 0 fully saturated rings. The SMILES string of the molecule is O=C(O)c1cc(-c2cccc3c2OCCO3)ccc1-n1cnnn1. The molecule has 0 spiro atoms. The van der Waals surface area contributed by atoms with E-state index in [-0.39, 0.29) is 5.56 Å². The fourth-order valence-electron chi connectivity index (χ4n) is 2.65. The molecule has 1 N–H and O–H groups in total. The number of para-hydroxylation sites is 1. The molecule has 2 heterocycles. The molecule has 1 aromatic heterocycles. The first-order valence-electron chi connectivity index (χ1n) is 7.24. The quantitative estimate of drug-likeness (QED) is 0.784. The van der Waals surface area contributed by atoms with Gasteiger partial charge in [0, 0.05) is 5.56 Å². The van der Waals surface area contributed by atoms with Gasteiger partial charge >= 0.3 is 5.97 Å². The average molecular weight is 324 g/mol. The van der Waals surface area contributed by atoms with E-state index >= 15 is 0 Å². The number of nitrogens with zero attached hydrogens (tertiary/aromatic N) is 4. The van der Waals surface area contributed by atoms with Crippen molar-refractivity contribution in [2.24, 2.45) is 0 Å². The molecule has 4 rings (SSSR count). The van der Waals surface area contributed by atoms with Gasteiger partial charge in [-0.2, -0.15) is 4.68 Å². The van der Waals surface area contributed by atoms with Crippen molar-refractivity contribution in [3.05, 3.63) is 48.3 Å². The summed E-state index contributed by atoms with van der Waals surface area (Å²) in [5, 5.41) is 20.4. The molecule has 0 bridgehead atoms. The molecule has 0 radical (unpaired) electrons. The number of ether oxygens (including phenoxy) is 2. The fourth-order valence-corrected chi connectivity index (χ4v) is 2.65. The maximum atomic E-state index is 11.7. The molecule has 2 aromatic carbocycles. The average Bonchev–Trinajstić information content (AvgIpc) is 3.15. The Hall–Kier alpha value is -3.42. The van der Waals surface area contributed by atoms with E-state index in [4.69, 9.17) is 9.47 Å². The van der Waals surface area contributed by atoms with Crippen LogP contribution in [0.3, 0.4) is 0 Å². The predicted octanol–water partition coefficient (Wildman–Crippen LogP) is 1.80. The maximum absolute atomic E-state index is 11.7. The number of benzene rings is 2. The van der Waals surface area contributed by atoms with Crippen molar-refractivity contribution in [2.45, 2.75) is 0 Å². The van der Waals surface area contributed by atoms with Crippen molar-refractivity contribution >= 4 is 5.97 Å². The molecule has 24 heavy (non-hydrogen) atoms. The van der Waals surface area contributed by atoms with Crippen molar-refractivity contribution in [1.82, 2.24) is 20.2 Å². The number of tetrazole rings is 1. The second-order valence-electron chi connectivity index (χ2n) is 5.12. The third-order valence-corrected chi connectivity index (χ3v) is 3.70. The highest BCUT2D eigenvalue weighted by Crippen LogP contribution is 2.40. The summed E-state index contributed by atoms with van der Waals surface area (Å²) < 4.78 is 12.6. The highest BCUT2D eigenvalue weighted by Gasteiger charge is 2.19. The van der Waals surface area contributed by atoms with Crippen LogP contribution < -0.4 is 9.47 Å². The molecule has 1 aliphatic heterocycles. The Morgan fingerprint density at radius 3 is 2.83 bits per heavy atom. The van der Waals surface area contributed by atoms with E-state index in [0.717, 1.165) is 5.56 Å². The van der Waals surface area contributed by atoms with Gasteiger partial charge in [0.15, 0.2) is 11.5 Å². The highest BCUT2D eigenvalue weighted by molar-refractivity contribution is 5.94. The van der Waals surface area contributed by atoms with Gasteiger partial charge in [-0.1, -0.05) is 18.2 Å². The normalized spacial score (nSPS) is 12.8. The lowest BCUT2D eigenvalue weighted by molar-refractivity contribution is 0.0696. The smallest absolute Gasteiger partial charge is 0.337 e. The van der Waals surface area contributed by atoms with Crippen LogP contribution in [-0.2, 0) is 0 Å². The second kappa shape index (κ2) is 5.65. The summed E-state index contributed by atoms with van der Waals surface area (Å²) in [6, 6.07) is 10.6. The van der Waals surface area contributed by atoms with Gasteiger partial charge in [0.05, 0.1) is 11.3 Å². The topological polar surface area (TPSA) is 99.4 Å². The van der Waals surface area contributed by atoms with Crippen molar-refractivity contribution in [1.29, 1.82) is 0 Å². The van der Waals surface area contributed by atoms with Crippen LogP contribution in [0.4, 0.5) is 0 Å². The Balaban J connectivity index is 1.86. The first kappa shape index (κ1) is 14.2. The lowest BCUT2D eigenvalue weighted by Crippen LogP contribution is -2.16. The molecule has 0 atom stereocenters. The van der Waals surface area contributed by atoms with E-state index in [1.807, 2.05) is 18.2 Å². The Morgan fingerprint density at radius 1 is 1.17 bits per heavy atom. The summed E-state index contributed by atoms with van der Waals surface area (Å²) in [6.07, 6.45) is 1.35. The minimum absolute atomic E-state index is 0.0918. The largest absolute Gasteiger partial charge is 0.486 e. The summed E-state index contributed by atoms with van der Waals surface area (Å²) in [5.41, 5.74) is 1.97. The van der Waals surface area contributed by atoms with Crippen LogP contribution in [0, 0.1) is 0 Å². The molecule has 0 amide bonds. The Bertz CT molecular complexity index is 908. The molecule has 120 valence electrons. The van der Waals surface area contributed by atoms with Gasteiger partial charge in [-0.25, -0.2) is 4.79 Å². The van der Waals surface area contributed by atoms with E-state index in [9.17, 15) is 9.90 Å². The van der Waals surface area contributed by atoms with Gasteiger partial charge in [-0.3, -0.25) is 0 Å². The number of hydrogen-bond acceptors (Lipinski definition) is 6. The standard InChI is InChI=1S/C16H12N4O4/c21-16(22)12-8-10(4-5-13(12)20-9-17-18-19-20)11-2-1-3-14-15(11)24-7-6-23-14/h1-5,8-9H,6-7H2,(H,21,22). The monoisotopic (exact) mass is 324 g/mol. The molecular weight excluding hydrogens is 312 g/mol. The Kier molecular flexibility index (Phi) is 3.34. The Morgan fingerprint density at radius 2 is 2.04 bits per heavy atom. The van der Waals surface area contributed by atoms with Crippen LogP contribution in [0.25, 0.3) is 16.8 Å². The molecule has 0 saturated heterocycles. The molecule has 0 unspecified atom stereocenters. The van der Waals surface area contributed by atoms with Crippen molar-refractivity contribution < 1.29 is 19.4 Å². The minimum Gasteiger partial charge on any atom is -0.486 e. The zero-order chi connectivity index (χ0) is 16.5. The van der Waals surface area contributed by atoms with E-state index < -0.39 is 5.97 Å². The summed E-state index contributed by atoms with van der Waals surface area (Å²) in [6.45, 7) is 0.952. The first-order chi connectivity index (χ1) is 11.7. The fraction of sp³-hybridized carbons (Fsp3) is 0.125. The van der Waals surface area contributed by atoms with E-state index in [0.29, 0.717) is 36.0 Å². The van der Waals surface area contributed by atoms with E-state index in [2.05, 4.69) is 15.5 Å². The second-order valence-corrected chi connectivity index (χ2v) is 5.12. The van der Waals surface area contributed by atoms with Gasteiger partial charge < -0.3 is 14.6 Å². The number of aromatic carboxylic acids is 1. The van der Waals surface area contributed by atoms with E-state index in [1.165, 1.54) is 11.0 Å². The summed E-state index contributed by atoms with van der Waals surface area (Å²) in [5.74, 6) is 0.208. The summed E-state index contributed by atoms with van der Waals surface area (Å²) in [4.78, 5) is 11.7. The molecule has 0 saturated carbocycles. The number of aromatic nitrogens is 4. The van der Waals surface area contributed by atoms with Crippen molar-refractivity contribution in [3.63, 3.8) is 0 Å². The van der Waals surface area contributed by atoms with Gasteiger partial charge in [-0.15, -0.1) is 5.10 Å². The zero-order valence-corrected chi connectivity index (χ0v) is 12.4. The van der Waals surface area contributed by atoms with Crippen LogP contribution in [0.2, 0.25) is 0 Å². The van der Waals surface area contributed by atoms with Crippen molar-refractivity contribution in [3.8, 4) is 28.3 Å². The number of fused-ring (bicyclic) bond motifs is 1. The van der Waals surface area contributed by atoms with Gasteiger partial charge in [0.2, 0.25) is 0 Å². The van der Waals surface area contributed by atoms with Crippen molar-refractivity contribution in [2.75, 3.05) is 13.2 Å². The van der Waals surface area contributed by atoms with Crippen LogP contribution >= 0.6 is 0 Å². The van der Waals surface area contributed by atoms with Crippen LogP contribution in [0.1, 0.15) is 10.4 Å². The minimum atomic E-state index is -1.07. The molecule has 0 aliphatic carbocycles. The summed E-state index contributed by atoms with van der Waals surface area (Å²) >= 11 is 0. The lowest BCUT2D eigenvalue weighted by Gasteiger charge is -2.21. The number of hydrogen-bond donors (Lipinski definition) is 1. The van der Waals surface area contributed by atoms with Gasteiger partial charge in [-0.05, 0) is 34.2 Å². The molecule has 1 aliphatic rings. The van der Waals surface area contributed by atoms with Crippen LogP contribution in [-0.4, -0.2) is 44.5 Å². The molecular formula is C16H12N4O4. The first-order valence-corrected chi connectivity index (χ1v) is 7.24. The van der Waals surface area contributed by atoms with E-state index in [1.54, 1.807) is 18.2 Å². The number of rotatable bonds is 3. The lowest BCUT2D eigenvalue weighted by atomic mass is 10.00. The zero-order valence-electron chi connectivity index (χ0n) is 12.4. The number of carboxylic acid groups (broad SMARTS) is 1. The third-order valence-electron chi connectivity index (χ3n) is 3.70. The van der Waals surface area contributed by atoms with Gasteiger partial charge in [0.25, 0.3) is 0 Å². The number of carboxylic acids is 1. The highest BCUT2D eigenvalue weighted by atomic mass is 16.6. The third kappa shape index (κ3) is 2.34. The molecule has 8 heteroatoms. The summed E-state index contributed by atoms with van der Waals surface area (Å²) in [7, 11) is 0. The molecule has 3 aromatic rings.